The average Bonchev–Trinajstić information content (AvgIpc) is 3.46. The predicted molar refractivity (Wildman–Crippen MR) is 138 cm³/mol. The van der Waals surface area contributed by atoms with Crippen LogP contribution in [0.3, 0.4) is 0 Å². The highest BCUT2D eigenvalue weighted by molar-refractivity contribution is 8.02. The third kappa shape index (κ3) is 5.17. The van der Waals surface area contributed by atoms with Gasteiger partial charge in [-0.05, 0) is 55.9 Å². The lowest BCUT2D eigenvalue weighted by molar-refractivity contribution is -0.205. The van der Waals surface area contributed by atoms with Gasteiger partial charge in [0.1, 0.15) is 41.5 Å². The Labute approximate surface area is 220 Å². The first-order valence-corrected chi connectivity index (χ1v) is 14.6. The van der Waals surface area contributed by atoms with E-state index in [1.54, 1.807) is 12.1 Å². The summed E-state index contributed by atoms with van der Waals surface area (Å²) in [5, 5.41) is 48.5. The molecule has 1 saturated carbocycles. The summed E-state index contributed by atoms with van der Waals surface area (Å²) in [5.41, 5.74) is -0.0330. The molecule has 36 heavy (non-hydrogen) atoms. The molecule has 1 unspecified atom stereocenters. The number of hydrogen-bond donors (Lipinski definition) is 4. The van der Waals surface area contributed by atoms with E-state index < -0.39 is 36.5 Å². The van der Waals surface area contributed by atoms with E-state index in [-0.39, 0.29) is 10.7 Å². The highest BCUT2D eigenvalue weighted by Crippen LogP contribution is 2.51. The van der Waals surface area contributed by atoms with Crippen molar-refractivity contribution in [3.63, 3.8) is 0 Å². The average molecular weight is 557 g/mol. The van der Waals surface area contributed by atoms with Crippen LogP contribution in [-0.4, -0.2) is 83.5 Å². The van der Waals surface area contributed by atoms with Crippen molar-refractivity contribution in [1.29, 1.82) is 0 Å². The van der Waals surface area contributed by atoms with Gasteiger partial charge in [0.2, 0.25) is 5.13 Å². The van der Waals surface area contributed by atoms with Crippen LogP contribution < -0.4 is 4.90 Å². The standard InChI is InChI=1S/C23H29FN4O5S3/c1-12-6-8-23(9-7-12)28(14-4-2-13(24)3-5-14)16(11-34-23)25-21-26-27-22(36-21)35-20-19(32)18(31)17(30)15(10-29)33-20/h2-5,12,15,17-20,29-32H,6-11H2,1H3/b25-16+/t12?,15-,17-,18+,19-,20?,23?/m1/s1. The molecule has 13 heteroatoms. The van der Waals surface area contributed by atoms with Gasteiger partial charge in [0, 0.05) is 5.69 Å². The van der Waals surface area contributed by atoms with Crippen LogP contribution >= 0.6 is 34.9 Å². The zero-order valence-corrected chi connectivity index (χ0v) is 22.1. The summed E-state index contributed by atoms with van der Waals surface area (Å²) in [6.07, 6.45) is -0.927. The van der Waals surface area contributed by atoms with E-state index in [0.717, 1.165) is 49.0 Å². The summed E-state index contributed by atoms with van der Waals surface area (Å²) >= 11 is 4.14. The highest BCUT2D eigenvalue weighted by atomic mass is 32.2. The number of hydrogen-bond acceptors (Lipinski definition) is 11. The highest BCUT2D eigenvalue weighted by Gasteiger charge is 2.47. The van der Waals surface area contributed by atoms with Gasteiger partial charge in [-0.2, -0.15) is 0 Å². The molecular weight excluding hydrogens is 527 g/mol. The molecule has 2 saturated heterocycles. The van der Waals surface area contributed by atoms with Crippen LogP contribution in [0.25, 0.3) is 0 Å². The van der Waals surface area contributed by atoms with Gasteiger partial charge in [-0.3, -0.25) is 0 Å². The molecule has 2 aromatic rings. The molecule has 0 bridgehead atoms. The summed E-state index contributed by atoms with van der Waals surface area (Å²) in [7, 11) is 0. The molecule has 196 valence electrons. The van der Waals surface area contributed by atoms with Gasteiger partial charge in [0.25, 0.3) is 0 Å². The first kappa shape index (κ1) is 26.3. The van der Waals surface area contributed by atoms with Crippen molar-refractivity contribution in [2.75, 3.05) is 17.3 Å². The molecule has 3 fully saturated rings. The van der Waals surface area contributed by atoms with Gasteiger partial charge in [0.05, 0.1) is 17.2 Å². The van der Waals surface area contributed by atoms with Crippen molar-refractivity contribution in [2.45, 2.75) is 71.7 Å². The van der Waals surface area contributed by atoms with Crippen LogP contribution in [0.15, 0.2) is 33.6 Å². The molecular formula is C23H29FN4O5S3. The largest absolute Gasteiger partial charge is 0.394 e. The van der Waals surface area contributed by atoms with E-state index in [2.05, 4.69) is 22.0 Å². The number of aromatic nitrogens is 2. The van der Waals surface area contributed by atoms with Crippen molar-refractivity contribution in [3.05, 3.63) is 30.1 Å². The fourth-order valence-electron chi connectivity index (χ4n) is 4.87. The Morgan fingerprint density at radius 2 is 1.86 bits per heavy atom. The number of aliphatic hydroxyl groups is 4. The number of anilines is 1. The molecule has 9 nitrogen and oxygen atoms in total. The second kappa shape index (κ2) is 10.8. The van der Waals surface area contributed by atoms with Crippen molar-refractivity contribution in [3.8, 4) is 0 Å². The molecule has 3 heterocycles. The van der Waals surface area contributed by atoms with E-state index in [1.165, 1.54) is 23.5 Å². The fourth-order valence-corrected chi connectivity index (χ4v) is 8.28. The quantitative estimate of drug-likeness (QED) is 0.436. The molecule has 0 radical (unpaired) electrons. The molecule has 2 aliphatic heterocycles. The van der Waals surface area contributed by atoms with Crippen molar-refractivity contribution < 1.29 is 29.6 Å². The number of thioether (sulfide) groups is 2. The van der Waals surface area contributed by atoms with Gasteiger partial charge in [-0.1, -0.05) is 30.0 Å². The van der Waals surface area contributed by atoms with E-state index in [4.69, 9.17) is 9.73 Å². The Morgan fingerprint density at radius 1 is 1.14 bits per heavy atom. The van der Waals surface area contributed by atoms with Gasteiger partial charge in [-0.15, -0.1) is 22.0 Å². The zero-order chi connectivity index (χ0) is 25.4. The number of benzene rings is 1. The minimum absolute atomic E-state index is 0.123. The Kier molecular flexibility index (Phi) is 7.90. The fraction of sp³-hybridized carbons (Fsp3) is 0.609. The van der Waals surface area contributed by atoms with Crippen LogP contribution in [0.1, 0.15) is 32.6 Å². The Bertz CT molecular complexity index is 1080. The SMILES string of the molecule is CC1CCC2(CC1)SC/C(=N\c1nnc(SC3O[C@H](CO)[C@@H](O)[C@H](O)[C@H]3O)s1)N2c1ccc(F)cc1. The van der Waals surface area contributed by atoms with Crippen LogP contribution in [0.2, 0.25) is 0 Å². The number of amidine groups is 1. The van der Waals surface area contributed by atoms with E-state index in [1.807, 2.05) is 11.8 Å². The van der Waals surface area contributed by atoms with Crippen molar-refractivity contribution in [2.24, 2.45) is 10.9 Å². The molecule has 1 aromatic carbocycles. The summed E-state index contributed by atoms with van der Waals surface area (Å²) in [5.74, 6) is 1.93. The van der Waals surface area contributed by atoms with Crippen LogP contribution in [0.4, 0.5) is 15.2 Å². The van der Waals surface area contributed by atoms with Crippen molar-refractivity contribution in [1.82, 2.24) is 10.2 Å². The lowest BCUT2D eigenvalue weighted by Gasteiger charge is -2.43. The molecule has 1 aromatic heterocycles. The lowest BCUT2D eigenvalue weighted by atomic mass is 9.85. The second-order valence-electron chi connectivity index (χ2n) is 9.42. The Balaban J connectivity index is 1.37. The zero-order valence-electron chi connectivity index (χ0n) is 19.6. The van der Waals surface area contributed by atoms with Crippen LogP contribution in [0.5, 0.6) is 0 Å². The normalized spacial score (nSPS) is 36.2. The van der Waals surface area contributed by atoms with E-state index in [0.29, 0.717) is 21.1 Å². The summed E-state index contributed by atoms with van der Waals surface area (Å²) in [6.45, 7) is 1.79. The number of nitrogens with zero attached hydrogens (tertiary/aromatic N) is 4. The molecule has 5 atom stereocenters. The van der Waals surface area contributed by atoms with E-state index in [9.17, 15) is 24.8 Å². The number of aliphatic imine (C=N–C) groups is 1. The predicted octanol–water partition coefficient (Wildman–Crippen LogP) is 2.76. The van der Waals surface area contributed by atoms with Gasteiger partial charge in [0.15, 0.2) is 4.34 Å². The number of aliphatic hydroxyl groups excluding tert-OH is 4. The lowest BCUT2D eigenvalue weighted by Crippen LogP contribution is -2.57. The monoisotopic (exact) mass is 556 g/mol. The maximum Gasteiger partial charge on any atom is 0.234 e. The summed E-state index contributed by atoms with van der Waals surface area (Å²) < 4.78 is 19.7. The van der Waals surface area contributed by atoms with Gasteiger partial charge >= 0.3 is 0 Å². The van der Waals surface area contributed by atoms with Gasteiger partial charge in [-0.25, -0.2) is 9.38 Å². The first-order valence-electron chi connectivity index (χ1n) is 11.9. The molecule has 1 aliphatic carbocycles. The smallest absolute Gasteiger partial charge is 0.234 e. The van der Waals surface area contributed by atoms with Crippen molar-refractivity contribution >= 4 is 51.5 Å². The number of rotatable bonds is 5. The third-order valence-electron chi connectivity index (χ3n) is 6.96. The minimum Gasteiger partial charge on any atom is -0.394 e. The maximum absolute atomic E-state index is 13.7. The Hall–Kier alpha value is -1.32. The topological polar surface area (TPSA) is 132 Å². The molecule has 1 spiro atoms. The Morgan fingerprint density at radius 3 is 2.56 bits per heavy atom. The van der Waals surface area contributed by atoms with E-state index >= 15 is 0 Å². The minimum atomic E-state index is -1.45. The molecule has 3 aliphatic rings. The second-order valence-corrected chi connectivity index (χ2v) is 13.1. The van der Waals surface area contributed by atoms with Crippen LogP contribution in [-0.2, 0) is 4.74 Å². The summed E-state index contributed by atoms with van der Waals surface area (Å²) in [6, 6.07) is 6.51. The van der Waals surface area contributed by atoms with Gasteiger partial charge < -0.3 is 30.1 Å². The third-order valence-corrected chi connectivity index (χ3v) is 10.5. The molecule has 5 rings (SSSR count). The number of halogens is 1. The summed E-state index contributed by atoms with van der Waals surface area (Å²) in [4.78, 5) is 6.93. The molecule has 4 N–H and O–H groups in total. The first-order chi connectivity index (χ1) is 17.3. The maximum atomic E-state index is 13.7. The molecule has 0 amide bonds. The number of ether oxygens (including phenoxy) is 1. The van der Waals surface area contributed by atoms with Crippen LogP contribution in [0, 0.1) is 11.7 Å².